The minimum Gasteiger partial charge on any atom is -0.381 e. The second-order valence-electron chi connectivity index (χ2n) is 4.61. The molecule has 0 atom stereocenters. The van der Waals surface area contributed by atoms with Gasteiger partial charge >= 0.3 is 0 Å². The molecule has 4 heteroatoms. The van der Waals surface area contributed by atoms with Crippen molar-refractivity contribution in [2.75, 3.05) is 13.2 Å². The number of nitrogens with one attached hydrogen (secondary N) is 1. The van der Waals surface area contributed by atoms with Gasteiger partial charge in [-0.1, -0.05) is 12.1 Å². The first kappa shape index (κ1) is 11.0. The van der Waals surface area contributed by atoms with E-state index < -0.39 is 0 Å². The minimum atomic E-state index is 0.689. The van der Waals surface area contributed by atoms with Gasteiger partial charge in [0.05, 0.1) is 11.0 Å². The Balaban J connectivity index is 1.93. The van der Waals surface area contributed by atoms with Crippen LogP contribution in [0.2, 0.25) is 0 Å². The molecule has 0 saturated carbocycles. The summed E-state index contributed by atoms with van der Waals surface area (Å²) >= 11 is 5.40. The van der Waals surface area contributed by atoms with Crippen LogP contribution in [-0.2, 0) is 11.3 Å². The summed E-state index contributed by atoms with van der Waals surface area (Å²) in [5, 5.41) is 0. The van der Waals surface area contributed by atoms with Crippen molar-refractivity contribution in [1.82, 2.24) is 9.55 Å². The molecule has 0 unspecified atom stereocenters. The zero-order valence-corrected chi connectivity index (χ0v) is 10.5. The van der Waals surface area contributed by atoms with E-state index in [1.807, 2.05) is 6.07 Å². The van der Waals surface area contributed by atoms with E-state index in [0.29, 0.717) is 5.92 Å². The maximum Gasteiger partial charge on any atom is 0.178 e. The van der Waals surface area contributed by atoms with Crippen LogP contribution in [-0.4, -0.2) is 22.8 Å². The third-order valence-electron chi connectivity index (χ3n) is 3.46. The molecule has 1 saturated heterocycles. The molecule has 1 aliphatic heterocycles. The molecule has 1 fully saturated rings. The van der Waals surface area contributed by atoms with Gasteiger partial charge in [0.2, 0.25) is 0 Å². The van der Waals surface area contributed by atoms with Gasteiger partial charge in [-0.25, -0.2) is 0 Å². The van der Waals surface area contributed by atoms with Crippen LogP contribution in [0.1, 0.15) is 12.8 Å². The number of aromatic nitrogens is 2. The van der Waals surface area contributed by atoms with Gasteiger partial charge in [-0.15, -0.1) is 0 Å². The van der Waals surface area contributed by atoms with Gasteiger partial charge in [-0.3, -0.25) is 0 Å². The van der Waals surface area contributed by atoms with E-state index in [2.05, 4.69) is 27.8 Å². The van der Waals surface area contributed by atoms with E-state index in [1.165, 1.54) is 5.52 Å². The average molecular weight is 248 g/mol. The lowest BCUT2D eigenvalue weighted by atomic mass is 10.0. The normalized spacial score (nSPS) is 17.6. The first-order valence-corrected chi connectivity index (χ1v) is 6.51. The summed E-state index contributed by atoms with van der Waals surface area (Å²) in [6.45, 7) is 2.78. The number of ether oxygens (including phenoxy) is 1. The predicted molar refractivity (Wildman–Crippen MR) is 70.7 cm³/mol. The molecule has 1 N–H and O–H groups in total. The van der Waals surface area contributed by atoms with E-state index in [1.54, 1.807) is 0 Å². The van der Waals surface area contributed by atoms with Crippen LogP contribution in [0, 0.1) is 10.7 Å². The van der Waals surface area contributed by atoms with Crippen molar-refractivity contribution in [3.8, 4) is 0 Å². The highest BCUT2D eigenvalue weighted by molar-refractivity contribution is 7.71. The fourth-order valence-corrected chi connectivity index (χ4v) is 2.76. The fourth-order valence-electron chi connectivity index (χ4n) is 2.48. The molecule has 2 aromatic rings. The zero-order chi connectivity index (χ0) is 11.7. The van der Waals surface area contributed by atoms with Crippen LogP contribution in [0.25, 0.3) is 11.0 Å². The summed E-state index contributed by atoms with van der Waals surface area (Å²) in [4.78, 5) is 3.26. The van der Waals surface area contributed by atoms with Gasteiger partial charge in [0.25, 0.3) is 0 Å². The lowest BCUT2D eigenvalue weighted by Gasteiger charge is -2.22. The maximum absolute atomic E-state index is 5.40. The second-order valence-corrected chi connectivity index (χ2v) is 5.00. The Labute approximate surface area is 105 Å². The number of hydrogen-bond acceptors (Lipinski definition) is 2. The van der Waals surface area contributed by atoms with E-state index in [9.17, 15) is 0 Å². The third-order valence-corrected chi connectivity index (χ3v) is 3.79. The molecule has 1 aromatic carbocycles. The lowest BCUT2D eigenvalue weighted by molar-refractivity contribution is 0.0615. The van der Waals surface area contributed by atoms with Crippen LogP contribution in [0.5, 0.6) is 0 Å². The Morgan fingerprint density at radius 1 is 1.29 bits per heavy atom. The highest BCUT2D eigenvalue weighted by Gasteiger charge is 2.15. The highest BCUT2D eigenvalue weighted by atomic mass is 32.1. The van der Waals surface area contributed by atoms with Gasteiger partial charge < -0.3 is 14.3 Å². The summed E-state index contributed by atoms with van der Waals surface area (Å²) in [5.41, 5.74) is 2.34. The third kappa shape index (κ3) is 2.15. The highest BCUT2D eigenvalue weighted by Crippen LogP contribution is 2.20. The van der Waals surface area contributed by atoms with Crippen molar-refractivity contribution in [1.29, 1.82) is 0 Å². The van der Waals surface area contributed by atoms with Crippen LogP contribution in [0.15, 0.2) is 24.3 Å². The summed E-state index contributed by atoms with van der Waals surface area (Å²) in [7, 11) is 0. The molecule has 0 bridgehead atoms. The monoisotopic (exact) mass is 248 g/mol. The SMILES string of the molecule is S=c1[nH]c2ccccc2n1CC1CCOCC1. The van der Waals surface area contributed by atoms with Crippen LogP contribution < -0.4 is 0 Å². The number of para-hydroxylation sites is 2. The Morgan fingerprint density at radius 3 is 2.88 bits per heavy atom. The molecule has 2 heterocycles. The number of aromatic amines is 1. The van der Waals surface area contributed by atoms with E-state index in [4.69, 9.17) is 17.0 Å². The predicted octanol–water partition coefficient (Wildman–Crippen LogP) is 3.13. The lowest BCUT2D eigenvalue weighted by Crippen LogP contribution is -2.20. The van der Waals surface area contributed by atoms with E-state index in [-0.39, 0.29) is 0 Å². The first-order valence-electron chi connectivity index (χ1n) is 6.10. The van der Waals surface area contributed by atoms with Crippen molar-refractivity contribution in [2.24, 2.45) is 5.92 Å². The summed E-state index contributed by atoms with van der Waals surface area (Å²) < 4.78 is 8.45. The molecule has 0 radical (unpaired) electrons. The van der Waals surface area contributed by atoms with Crippen molar-refractivity contribution < 1.29 is 4.74 Å². The molecule has 0 spiro atoms. The van der Waals surface area contributed by atoms with Crippen molar-refractivity contribution in [3.05, 3.63) is 29.0 Å². The van der Waals surface area contributed by atoms with Crippen LogP contribution in [0.3, 0.4) is 0 Å². The molecular formula is C13H16N2OS. The van der Waals surface area contributed by atoms with Crippen molar-refractivity contribution >= 4 is 23.3 Å². The molecule has 0 aliphatic carbocycles. The Hall–Kier alpha value is -1.13. The van der Waals surface area contributed by atoms with Gasteiger partial charge in [0.15, 0.2) is 4.77 Å². The molecular weight excluding hydrogens is 232 g/mol. The Kier molecular flexibility index (Phi) is 2.99. The molecule has 3 rings (SSSR count). The first-order chi connectivity index (χ1) is 8.34. The Morgan fingerprint density at radius 2 is 2.06 bits per heavy atom. The minimum absolute atomic E-state index is 0.689. The van der Waals surface area contributed by atoms with E-state index in [0.717, 1.165) is 42.9 Å². The standard InChI is InChI=1S/C13H16N2OS/c17-13-14-11-3-1-2-4-12(11)15(13)9-10-5-7-16-8-6-10/h1-4,10H,5-9H2,(H,14,17). The number of imidazole rings is 1. The van der Waals surface area contributed by atoms with Crippen LogP contribution >= 0.6 is 12.2 Å². The molecule has 17 heavy (non-hydrogen) atoms. The topological polar surface area (TPSA) is 29.9 Å². The number of hydrogen-bond donors (Lipinski definition) is 1. The molecule has 3 nitrogen and oxygen atoms in total. The summed E-state index contributed by atoms with van der Waals surface area (Å²) in [6, 6.07) is 8.30. The maximum atomic E-state index is 5.40. The van der Waals surface area contributed by atoms with Gasteiger partial charge in [-0.05, 0) is 43.1 Å². The van der Waals surface area contributed by atoms with Crippen LogP contribution in [0.4, 0.5) is 0 Å². The second kappa shape index (κ2) is 4.63. The molecule has 1 aromatic heterocycles. The largest absolute Gasteiger partial charge is 0.381 e. The Bertz CT molecular complexity index is 566. The molecule has 90 valence electrons. The van der Waals surface area contributed by atoms with Gasteiger partial charge in [-0.2, -0.15) is 0 Å². The zero-order valence-electron chi connectivity index (χ0n) is 9.69. The number of benzene rings is 1. The van der Waals surface area contributed by atoms with Crippen molar-refractivity contribution in [2.45, 2.75) is 19.4 Å². The number of fused-ring (bicyclic) bond motifs is 1. The quantitative estimate of drug-likeness (QED) is 0.828. The van der Waals surface area contributed by atoms with Gasteiger partial charge in [0.1, 0.15) is 0 Å². The summed E-state index contributed by atoms with van der Waals surface area (Å²) in [6.07, 6.45) is 2.28. The fraction of sp³-hybridized carbons (Fsp3) is 0.462. The number of nitrogens with zero attached hydrogens (tertiary/aromatic N) is 1. The van der Waals surface area contributed by atoms with Gasteiger partial charge in [0, 0.05) is 19.8 Å². The smallest absolute Gasteiger partial charge is 0.178 e. The van der Waals surface area contributed by atoms with Crippen molar-refractivity contribution in [3.63, 3.8) is 0 Å². The average Bonchev–Trinajstić information content (AvgIpc) is 2.68. The van der Waals surface area contributed by atoms with E-state index >= 15 is 0 Å². The molecule has 1 aliphatic rings. The number of H-pyrrole nitrogens is 1. The number of rotatable bonds is 2. The summed E-state index contributed by atoms with van der Waals surface area (Å²) in [5.74, 6) is 0.689. The molecule has 0 amide bonds.